The van der Waals surface area contributed by atoms with Crippen molar-refractivity contribution >= 4 is 5.97 Å². The third kappa shape index (κ3) is 2.84. The molecule has 158 valence electrons. The highest BCUT2D eigenvalue weighted by atomic mass is 16.6. The van der Waals surface area contributed by atoms with Gasteiger partial charge in [-0.15, -0.1) is 0 Å². The molecule has 5 nitrogen and oxygen atoms in total. The van der Waals surface area contributed by atoms with Gasteiger partial charge in [-0.2, -0.15) is 0 Å². The van der Waals surface area contributed by atoms with Gasteiger partial charge in [-0.3, -0.25) is 4.79 Å². The van der Waals surface area contributed by atoms with E-state index in [0.717, 1.165) is 25.1 Å². The number of carbonyl (C=O) groups is 1. The number of ether oxygens (including phenoxy) is 3. The van der Waals surface area contributed by atoms with E-state index in [1.165, 1.54) is 24.8 Å². The van der Waals surface area contributed by atoms with Gasteiger partial charge in [0.05, 0.1) is 19.1 Å². The summed E-state index contributed by atoms with van der Waals surface area (Å²) >= 11 is 0. The number of carbonyl (C=O) groups excluding carboxylic acids is 1. The van der Waals surface area contributed by atoms with Crippen LogP contribution in [0.4, 0.5) is 0 Å². The Morgan fingerprint density at radius 1 is 1.31 bits per heavy atom. The van der Waals surface area contributed by atoms with Crippen LogP contribution in [0.15, 0.2) is 24.3 Å². The van der Waals surface area contributed by atoms with Crippen LogP contribution < -0.4 is 10.1 Å². The van der Waals surface area contributed by atoms with E-state index in [1.807, 2.05) is 18.2 Å². The zero-order valence-electron chi connectivity index (χ0n) is 17.8. The Labute approximate surface area is 173 Å². The van der Waals surface area contributed by atoms with E-state index in [1.54, 1.807) is 7.11 Å². The lowest BCUT2D eigenvalue weighted by molar-refractivity contribution is -0.146. The number of methoxy groups -OCH3 is 1. The van der Waals surface area contributed by atoms with Crippen LogP contribution in [0.5, 0.6) is 5.75 Å². The van der Waals surface area contributed by atoms with Crippen molar-refractivity contribution in [3.05, 3.63) is 29.8 Å². The van der Waals surface area contributed by atoms with E-state index < -0.39 is 0 Å². The van der Waals surface area contributed by atoms with Crippen LogP contribution in [0.25, 0.3) is 0 Å². The molecule has 2 heterocycles. The molecule has 5 rings (SSSR count). The maximum atomic E-state index is 12.7. The predicted octanol–water partition coefficient (Wildman–Crippen LogP) is 3.35. The highest BCUT2D eigenvalue weighted by molar-refractivity contribution is 5.76. The van der Waals surface area contributed by atoms with Crippen molar-refractivity contribution < 1.29 is 19.0 Å². The van der Waals surface area contributed by atoms with Gasteiger partial charge < -0.3 is 19.5 Å². The van der Waals surface area contributed by atoms with Crippen LogP contribution in [0.3, 0.4) is 0 Å². The van der Waals surface area contributed by atoms with Crippen LogP contribution in [0.1, 0.15) is 45.1 Å². The molecule has 4 aliphatic rings. The van der Waals surface area contributed by atoms with E-state index in [9.17, 15) is 4.79 Å². The maximum Gasteiger partial charge on any atom is 0.311 e. The second kappa shape index (κ2) is 6.98. The van der Waals surface area contributed by atoms with E-state index in [0.29, 0.717) is 12.5 Å². The minimum Gasteiger partial charge on any atom is -0.496 e. The van der Waals surface area contributed by atoms with Crippen molar-refractivity contribution in [2.45, 2.75) is 63.8 Å². The Morgan fingerprint density at radius 3 is 2.97 bits per heavy atom. The third-order valence-corrected chi connectivity index (χ3v) is 8.32. The van der Waals surface area contributed by atoms with Crippen molar-refractivity contribution in [3.8, 4) is 5.75 Å². The molecule has 2 aliphatic heterocycles. The first-order valence-electron chi connectivity index (χ1n) is 11.2. The van der Waals surface area contributed by atoms with Crippen LogP contribution >= 0.6 is 0 Å². The van der Waals surface area contributed by atoms with E-state index in [2.05, 4.69) is 25.2 Å². The Bertz CT molecular complexity index is 797. The average Bonchev–Trinajstić information content (AvgIpc) is 3.39. The second-order valence-electron chi connectivity index (χ2n) is 9.81. The zero-order chi connectivity index (χ0) is 20.2. The molecular weight excluding hydrogens is 366 g/mol. The van der Waals surface area contributed by atoms with Crippen molar-refractivity contribution in [3.63, 3.8) is 0 Å². The molecule has 1 N–H and O–H groups in total. The summed E-state index contributed by atoms with van der Waals surface area (Å²) in [7, 11) is 1.70. The van der Waals surface area contributed by atoms with Crippen molar-refractivity contribution in [2.75, 3.05) is 20.2 Å². The quantitative estimate of drug-likeness (QED) is 0.452. The lowest BCUT2D eigenvalue weighted by Gasteiger charge is -2.48. The first-order chi connectivity index (χ1) is 14.0. The van der Waals surface area contributed by atoms with Crippen LogP contribution in [-0.4, -0.2) is 44.0 Å². The monoisotopic (exact) mass is 399 g/mol. The van der Waals surface area contributed by atoms with Gasteiger partial charge in [0.15, 0.2) is 0 Å². The molecule has 2 saturated heterocycles. The van der Waals surface area contributed by atoms with Gasteiger partial charge in [-0.1, -0.05) is 38.5 Å². The Kier molecular flexibility index (Phi) is 4.67. The van der Waals surface area contributed by atoms with Gasteiger partial charge in [0.2, 0.25) is 0 Å². The fourth-order valence-electron chi connectivity index (χ4n) is 6.86. The Hall–Kier alpha value is -1.59. The molecule has 0 radical (unpaired) electrons. The smallest absolute Gasteiger partial charge is 0.311 e. The number of nitrogens with one attached hydrogen (secondary N) is 1. The lowest BCUT2D eigenvalue weighted by atomic mass is 9.53. The summed E-state index contributed by atoms with van der Waals surface area (Å²) in [5.74, 6) is 1.56. The molecule has 0 bridgehead atoms. The summed E-state index contributed by atoms with van der Waals surface area (Å²) in [5.41, 5.74) is 1.32. The van der Waals surface area contributed by atoms with Gasteiger partial charge in [0.1, 0.15) is 17.5 Å². The van der Waals surface area contributed by atoms with E-state index >= 15 is 0 Å². The minimum atomic E-state index is -0.0966. The highest BCUT2D eigenvalue weighted by Crippen LogP contribution is 2.70. The molecule has 0 unspecified atom stereocenters. The first kappa shape index (κ1) is 19.4. The highest BCUT2D eigenvalue weighted by Gasteiger charge is 2.78. The van der Waals surface area contributed by atoms with Crippen LogP contribution in [-0.2, 0) is 20.7 Å². The number of esters is 1. The van der Waals surface area contributed by atoms with Gasteiger partial charge in [-0.05, 0) is 49.8 Å². The molecule has 4 fully saturated rings. The number of fused-ring (bicyclic) bond motifs is 2. The largest absolute Gasteiger partial charge is 0.496 e. The standard InChI is InChI=1S/C24H33NO4/c1-15-7-6-11-23(2)13-19-20(21-24(15,23)29-21)17(22(26)28-19)14-25-12-10-16-8-4-5-9-18(16)27-3/h4-5,8-9,15,17,19-21,25H,6-7,10-14H2,1-3H3/t15-,17-,19+,20+,21-,23+,24+/m0/s1. The van der Waals surface area contributed by atoms with E-state index in [-0.39, 0.29) is 41.0 Å². The average molecular weight is 400 g/mol. The van der Waals surface area contributed by atoms with Crippen LogP contribution in [0.2, 0.25) is 0 Å². The molecule has 1 aromatic carbocycles. The second-order valence-corrected chi connectivity index (χ2v) is 9.81. The molecule has 7 atom stereocenters. The van der Waals surface area contributed by atoms with Gasteiger partial charge in [0.25, 0.3) is 0 Å². The van der Waals surface area contributed by atoms with Crippen molar-refractivity contribution in [2.24, 2.45) is 23.2 Å². The number of hydrogen-bond donors (Lipinski definition) is 1. The fraction of sp³-hybridized carbons (Fsp3) is 0.708. The summed E-state index contributed by atoms with van der Waals surface area (Å²) in [5, 5.41) is 3.51. The Morgan fingerprint density at radius 2 is 2.14 bits per heavy atom. The third-order valence-electron chi connectivity index (χ3n) is 8.32. The van der Waals surface area contributed by atoms with Crippen molar-refractivity contribution in [1.82, 2.24) is 5.32 Å². The number of epoxide rings is 1. The van der Waals surface area contributed by atoms with Crippen molar-refractivity contribution in [1.29, 1.82) is 0 Å². The Balaban J connectivity index is 1.24. The molecule has 29 heavy (non-hydrogen) atoms. The minimum absolute atomic E-state index is 0.0178. The molecule has 2 saturated carbocycles. The summed E-state index contributed by atoms with van der Waals surface area (Å²) < 4.78 is 17.8. The normalized spacial score (nSPS) is 42.4. The van der Waals surface area contributed by atoms with Gasteiger partial charge >= 0.3 is 5.97 Å². The maximum absolute atomic E-state index is 12.7. The summed E-state index contributed by atoms with van der Waals surface area (Å²) in [6, 6.07) is 8.10. The number of hydrogen-bond acceptors (Lipinski definition) is 5. The van der Waals surface area contributed by atoms with E-state index in [4.69, 9.17) is 14.2 Å². The fourth-order valence-corrected chi connectivity index (χ4v) is 6.86. The molecule has 2 aliphatic carbocycles. The zero-order valence-corrected chi connectivity index (χ0v) is 17.8. The van der Waals surface area contributed by atoms with Gasteiger partial charge in [0, 0.05) is 17.9 Å². The first-order valence-corrected chi connectivity index (χ1v) is 11.2. The lowest BCUT2D eigenvalue weighted by Crippen LogP contribution is -2.54. The molecule has 5 heteroatoms. The van der Waals surface area contributed by atoms with Gasteiger partial charge in [-0.25, -0.2) is 0 Å². The number of para-hydroxylation sites is 1. The number of rotatable bonds is 6. The molecule has 1 aromatic rings. The van der Waals surface area contributed by atoms with Crippen LogP contribution in [0, 0.1) is 23.2 Å². The molecule has 1 spiro atoms. The predicted molar refractivity (Wildman–Crippen MR) is 110 cm³/mol. The topological polar surface area (TPSA) is 60.1 Å². The molecular formula is C24H33NO4. The summed E-state index contributed by atoms with van der Waals surface area (Å²) in [6.07, 6.45) is 5.74. The molecule has 0 aromatic heterocycles. The summed E-state index contributed by atoms with van der Waals surface area (Å²) in [6.45, 7) is 6.18. The summed E-state index contributed by atoms with van der Waals surface area (Å²) in [4.78, 5) is 12.7. The number of benzene rings is 1. The molecule has 0 amide bonds. The SMILES string of the molecule is COc1ccccc1CCNC[C@@H]1C(=O)O[C@@H]2C[C@@]3(C)CCC[C@H](C)[C@]34O[C@H]4[C@H]12.